The third-order valence-corrected chi connectivity index (χ3v) is 5.25. The maximum Gasteiger partial charge on any atom is 0.434 e. The van der Waals surface area contributed by atoms with Gasteiger partial charge < -0.3 is 19.5 Å². The van der Waals surface area contributed by atoms with E-state index in [0.717, 1.165) is 16.2 Å². The Morgan fingerprint density at radius 1 is 0.925 bits per heavy atom. The quantitative estimate of drug-likeness (QED) is 0.106. The molecule has 0 saturated carbocycles. The van der Waals surface area contributed by atoms with Gasteiger partial charge in [-0.3, -0.25) is 14.4 Å². The van der Waals surface area contributed by atoms with Gasteiger partial charge in [-0.25, -0.2) is 9.59 Å². The molecule has 0 bridgehead atoms. The highest BCUT2D eigenvalue weighted by Crippen LogP contribution is 2.12. The van der Waals surface area contributed by atoms with Crippen molar-refractivity contribution in [2.45, 2.75) is 64.9 Å². The lowest BCUT2D eigenvalue weighted by Crippen LogP contribution is -2.44. The number of carbonyl (C=O) groups is 4. The molecule has 40 heavy (non-hydrogen) atoms. The van der Waals surface area contributed by atoms with Crippen LogP contribution >= 0.6 is 0 Å². The Kier molecular flexibility index (Phi) is 13.4. The summed E-state index contributed by atoms with van der Waals surface area (Å²) in [4.78, 5) is 55.9. The fourth-order valence-corrected chi connectivity index (χ4v) is 3.40. The van der Waals surface area contributed by atoms with E-state index < -0.39 is 42.0 Å². The first kappa shape index (κ1) is 32.0. The number of ether oxygens (including phenoxy) is 3. The van der Waals surface area contributed by atoms with Gasteiger partial charge in [-0.05, 0) is 44.7 Å². The van der Waals surface area contributed by atoms with Gasteiger partial charge in [0.15, 0.2) is 5.78 Å². The van der Waals surface area contributed by atoms with Crippen molar-refractivity contribution < 1.29 is 38.2 Å². The lowest BCUT2D eigenvalue weighted by atomic mass is 10.0. The molecule has 1 N–H and O–H groups in total. The van der Waals surface area contributed by atoms with Crippen LogP contribution in [0.15, 0.2) is 73.3 Å². The van der Waals surface area contributed by atoms with Crippen LogP contribution in [0, 0.1) is 0 Å². The predicted molar refractivity (Wildman–Crippen MR) is 148 cm³/mol. The molecular weight excluding hydrogens is 516 g/mol. The Morgan fingerprint density at radius 3 is 2.10 bits per heavy atom. The third kappa shape index (κ3) is 13.1. The summed E-state index contributed by atoms with van der Waals surface area (Å²) < 4.78 is 15.6. The van der Waals surface area contributed by atoms with Crippen molar-refractivity contribution in [3.63, 3.8) is 0 Å². The minimum atomic E-state index is -1.05. The topological polar surface area (TPSA) is 120 Å². The number of esters is 1. The molecule has 0 fully saturated rings. The first-order chi connectivity index (χ1) is 19.1. The monoisotopic (exact) mass is 554 g/mol. The number of nitrogens with one attached hydrogen (secondary N) is 1. The second kappa shape index (κ2) is 16.7. The van der Waals surface area contributed by atoms with Crippen molar-refractivity contribution in [2.24, 2.45) is 0 Å². The molecule has 2 aromatic carbocycles. The van der Waals surface area contributed by atoms with Crippen molar-refractivity contribution in [1.29, 1.82) is 0 Å². The Morgan fingerprint density at radius 2 is 1.52 bits per heavy atom. The van der Waals surface area contributed by atoms with Gasteiger partial charge in [0.1, 0.15) is 31.8 Å². The van der Waals surface area contributed by atoms with Crippen molar-refractivity contribution >= 4 is 23.9 Å². The molecule has 0 aliphatic rings. The average Bonchev–Trinajstić information content (AvgIpc) is 2.91. The molecule has 1 atom stereocenters. The molecular formula is C30H38N2O8. The summed E-state index contributed by atoms with van der Waals surface area (Å²) in [5.41, 5.74) is 0.876. The molecule has 0 saturated heterocycles. The molecule has 0 spiro atoms. The average molecular weight is 555 g/mol. The van der Waals surface area contributed by atoms with Gasteiger partial charge >= 0.3 is 18.2 Å². The lowest BCUT2D eigenvalue weighted by molar-refractivity contribution is -0.148. The van der Waals surface area contributed by atoms with Crippen LogP contribution in [-0.2, 0) is 41.9 Å². The first-order valence-electron chi connectivity index (χ1n) is 13.0. The largest absolute Gasteiger partial charge is 0.461 e. The molecule has 2 aromatic rings. The predicted octanol–water partition coefficient (Wildman–Crippen LogP) is 5.12. The zero-order valence-corrected chi connectivity index (χ0v) is 23.3. The van der Waals surface area contributed by atoms with Crippen LogP contribution in [0.4, 0.5) is 9.59 Å². The van der Waals surface area contributed by atoms with Crippen LogP contribution in [0.25, 0.3) is 0 Å². The minimum absolute atomic E-state index is 0.0327. The minimum Gasteiger partial charge on any atom is -0.461 e. The van der Waals surface area contributed by atoms with Crippen molar-refractivity contribution in [3.05, 3.63) is 84.4 Å². The molecule has 0 unspecified atom stereocenters. The number of hydrogen-bond acceptors (Lipinski definition) is 8. The Balaban J connectivity index is 2.05. The molecule has 2 amide bonds. The third-order valence-electron chi connectivity index (χ3n) is 5.25. The van der Waals surface area contributed by atoms with Gasteiger partial charge in [-0.15, -0.1) is 0 Å². The summed E-state index contributed by atoms with van der Waals surface area (Å²) in [5.74, 6) is -1.29. The van der Waals surface area contributed by atoms with Crippen LogP contribution in [0.5, 0.6) is 0 Å². The number of alkyl carbamates (subject to hydrolysis) is 1. The summed E-state index contributed by atoms with van der Waals surface area (Å²) in [5, 5.41) is 3.61. The number of benzene rings is 2. The molecule has 0 aliphatic carbocycles. The van der Waals surface area contributed by atoms with E-state index in [4.69, 9.17) is 19.0 Å². The van der Waals surface area contributed by atoms with Crippen LogP contribution in [-0.4, -0.2) is 53.8 Å². The van der Waals surface area contributed by atoms with E-state index in [-0.39, 0.29) is 39.2 Å². The Labute approximate surface area is 235 Å². The number of amides is 2. The smallest absolute Gasteiger partial charge is 0.434 e. The van der Waals surface area contributed by atoms with Crippen LogP contribution < -0.4 is 5.32 Å². The first-order valence-corrected chi connectivity index (χ1v) is 13.0. The van der Waals surface area contributed by atoms with E-state index in [2.05, 4.69) is 11.9 Å². The van der Waals surface area contributed by atoms with Gasteiger partial charge in [-0.2, -0.15) is 5.06 Å². The molecule has 0 aliphatic heterocycles. The van der Waals surface area contributed by atoms with Crippen molar-refractivity contribution in [3.8, 4) is 0 Å². The summed E-state index contributed by atoms with van der Waals surface area (Å²) in [6.07, 6.45) is -0.311. The van der Waals surface area contributed by atoms with Gasteiger partial charge in [0.2, 0.25) is 0 Å². The van der Waals surface area contributed by atoms with Crippen molar-refractivity contribution in [2.75, 3.05) is 13.2 Å². The summed E-state index contributed by atoms with van der Waals surface area (Å²) in [6, 6.07) is 17.5. The lowest BCUT2D eigenvalue weighted by Gasteiger charge is -2.24. The van der Waals surface area contributed by atoms with E-state index in [1.54, 1.807) is 20.8 Å². The van der Waals surface area contributed by atoms with E-state index in [9.17, 15) is 19.2 Å². The van der Waals surface area contributed by atoms with Gasteiger partial charge in [0.05, 0.1) is 12.6 Å². The SMILES string of the molecule is C=CCOC(=O)CC(=O)[C@H](CCCN(OCc1ccccc1)C(=O)OCc1ccccc1)NC(=O)OC(C)(C)C. The normalized spacial score (nSPS) is 11.6. The summed E-state index contributed by atoms with van der Waals surface area (Å²) >= 11 is 0. The van der Waals surface area contributed by atoms with Crippen LogP contribution in [0.2, 0.25) is 0 Å². The van der Waals surface area contributed by atoms with E-state index in [1.165, 1.54) is 6.08 Å². The zero-order valence-electron chi connectivity index (χ0n) is 23.3. The fourth-order valence-electron chi connectivity index (χ4n) is 3.40. The number of nitrogens with zero attached hydrogens (tertiary/aromatic N) is 1. The zero-order chi connectivity index (χ0) is 29.4. The number of hydrogen-bond donors (Lipinski definition) is 1. The highest BCUT2D eigenvalue weighted by Gasteiger charge is 2.27. The highest BCUT2D eigenvalue weighted by atomic mass is 16.7. The maximum absolute atomic E-state index is 12.9. The van der Waals surface area contributed by atoms with Crippen LogP contribution in [0.3, 0.4) is 0 Å². The van der Waals surface area contributed by atoms with Crippen molar-refractivity contribution in [1.82, 2.24) is 10.4 Å². The van der Waals surface area contributed by atoms with Gasteiger partial charge in [0, 0.05) is 0 Å². The fraction of sp³-hybridized carbons (Fsp3) is 0.400. The molecule has 10 heteroatoms. The molecule has 216 valence electrons. The molecule has 2 rings (SSSR count). The number of rotatable bonds is 15. The standard InChI is InChI=1S/C30H38N2O8/c1-5-19-37-27(34)20-26(33)25(31-28(35)40-30(2,3)4)17-12-18-32(39-22-24-15-10-7-11-16-24)29(36)38-21-23-13-8-6-9-14-23/h5-11,13-16,25H,1,12,17-22H2,2-4H3,(H,31,35)/t25-/m0/s1. The second-order valence-corrected chi connectivity index (χ2v) is 9.86. The number of ketones is 1. The Bertz CT molecular complexity index is 1100. The van der Waals surface area contributed by atoms with Gasteiger partial charge in [0.25, 0.3) is 0 Å². The summed E-state index contributed by atoms with van der Waals surface area (Å²) in [6.45, 7) is 8.75. The molecule has 10 nitrogen and oxygen atoms in total. The number of Topliss-reactive ketones (excluding diaryl/α,β-unsaturated/α-hetero) is 1. The van der Waals surface area contributed by atoms with E-state index in [0.29, 0.717) is 0 Å². The summed E-state index contributed by atoms with van der Waals surface area (Å²) in [7, 11) is 0. The van der Waals surface area contributed by atoms with E-state index in [1.807, 2.05) is 60.7 Å². The maximum atomic E-state index is 12.9. The number of hydroxylamine groups is 2. The second-order valence-electron chi connectivity index (χ2n) is 9.86. The molecule has 0 heterocycles. The van der Waals surface area contributed by atoms with E-state index >= 15 is 0 Å². The molecule has 0 radical (unpaired) electrons. The Hall–Kier alpha value is -4.18. The van der Waals surface area contributed by atoms with Crippen LogP contribution in [0.1, 0.15) is 51.2 Å². The van der Waals surface area contributed by atoms with Gasteiger partial charge in [-0.1, -0.05) is 73.3 Å². The highest BCUT2D eigenvalue weighted by molar-refractivity contribution is 5.99. The molecule has 0 aromatic heterocycles. The number of carbonyl (C=O) groups excluding carboxylic acids is 4.